The van der Waals surface area contributed by atoms with E-state index in [0.717, 1.165) is 5.56 Å². The molecule has 0 amide bonds. The Kier molecular flexibility index (Phi) is 9.17. The van der Waals surface area contributed by atoms with Gasteiger partial charge in [0.2, 0.25) is 10.0 Å². The summed E-state index contributed by atoms with van der Waals surface area (Å²) in [7, 11) is -4.06. The number of nitro benzene ring substituents is 1. The van der Waals surface area contributed by atoms with Crippen LogP contribution in [0.2, 0.25) is 0 Å². The van der Waals surface area contributed by atoms with Crippen molar-refractivity contribution in [2.75, 3.05) is 37.8 Å². The van der Waals surface area contributed by atoms with Crippen molar-refractivity contribution in [3.63, 3.8) is 0 Å². The first-order valence-electron chi connectivity index (χ1n) is 12.3. The van der Waals surface area contributed by atoms with Gasteiger partial charge in [-0.2, -0.15) is 0 Å². The van der Waals surface area contributed by atoms with Gasteiger partial charge < -0.3 is 19.1 Å². The number of ether oxygens (including phenoxy) is 3. The van der Waals surface area contributed by atoms with Crippen molar-refractivity contribution in [3.8, 4) is 5.75 Å². The van der Waals surface area contributed by atoms with Gasteiger partial charge in [0, 0.05) is 37.4 Å². The summed E-state index contributed by atoms with van der Waals surface area (Å²) in [4.78, 5) is 13.3. The Morgan fingerprint density at radius 1 is 1.22 bits per heavy atom. The van der Waals surface area contributed by atoms with Gasteiger partial charge in [-0.3, -0.25) is 10.1 Å². The third-order valence-corrected chi connectivity index (χ3v) is 7.46. The van der Waals surface area contributed by atoms with Crippen molar-refractivity contribution in [1.82, 2.24) is 4.72 Å². The molecule has 0 spiro atoms. The van der Waals surface area contributed by atoms with E-state index in [2.05, 4.69) is 4.72 Å². The number of anilines is 1. The lowest BCUT2D eigenvalue weighted by Gasteiger charge is -2.34. The molecule has 0 aromatic heterocycles. The number of benzene rings is 2. The van der Waals surface area contributed by atoms with Crippen LogP contribution in [-0.2, 0) is 26.0 Å². The molecule has 2 aromatic carbocycles. The predicted molar refractivity (Wildman–Crippen MR) is 142 cm³/mol. The second-order valence-electron chi connectivity index (χ2n) is 10.1. The van der Waals surface area contributed by atoms with Crippen LogP contribution in [0, 0.1) is 24.0 Å². The van der Waals surface area contributed by atoms with E-state index in [9.17, 15) is 18.5 Å². The number of sulfonamides is 1. The number of hydrogen-bond donors (Lipinski definition) is 1. The molecule has 1 aliphatic rings. The standard InChI is InChI=1S/C26H37N3O7S/c1-7-34-17-21-16-28(12-13-35-21)22-10-11-24(19(3)25(22)29(30)31)37(32,33)27-15-20-9-8-18(2)14-23(20)36-26(4,5)6/h8-11,14,21,27H,7,12-13,15-17H2,1-6H3. The molecule has 0 aliphatic carbocycles. The SMILES string of the molecule is CCOCC1CN(c2ccc(S(=O)(=O)NCc3ccc(C)cc3OC(C)(C)C)c(C)c2[N+](=O)[O-])CCO1. The smallest absolute Gasteiger partial charge is 0.296 e. The summed E-state index contributed by atoms with van der Waals surface area (Å²) in [6.07, 6.45) is -0.224. The molecule has 11 heteroatoms. The molecule has 1 unspecified atom stereocenters. The van der Waals surface area contributed by atoms with Gasteiger partial charge in [-0.1, -0.05) is 12.1 Å². The van der Waals surface area contributed by atoms with E-state index in [1.54, 1.807) is 0 Å². The Labute approximate surface area is 219 Å². The number of aryl methyl sites for hydroxylation is 1. The highest BCUT2D eigenvalue weighted by Gasteiger charge is 2.31. The molecule has 0 saturated carbocycles. The third kappa shape index (κ3) is 7.41. The van der Waals surface area contributed by atoms with Crippen molar-refractivity contribution in [3.05, 3.63) is 57.1 Å². The van der Waals surface area contributed by atoms with Gasteiger partial charge in [-0.15, -0.1) is 0 Å². The molecule has 3 rings (SSSR count). The summed E-state index contributed by atoms with van der Waals surface area (Å²) < 4.78 is 46.4. The van der Waals surface area contributed by atoms with Gasteiger partial charge >= 0.3 is 0 Å². The summed E-state index contributed by atoms with van der Waals surface area (Å²) in [5.41, 5.74) is 1.41. The van der Waals surface area contributed by atoms with Crippen molar-refractivity contribution in [2.24, 2.45) is 0 Å². The van der Waals surface area contributed by atoms with Crippen molar-refractivity contribution >= 4 is 21.4 Å². The summed E-state index contributed by atoms with van der Waals surface area (Å²) >= 11 is 0. The zero-order valence-corrected chi connectivity index (χ0v) is 23.2. The van der Waals surface area contributed by atoms with Gasteiger partial charge in [0.05, 0.1) is 29.1 Å². The predicted octanol–water partition coefficient (Wildman–Crippen LogP) is 4.11. The van der Waals surface area contributed by atoms with Crippen molar-refractivity contribution in [2.45, 2.75) is 64.7 Å². The van der Waals surface area contributed by atoms with Crippen LogP contribution in [0.1, 0.15) is 44.4 Å². The minimum absolute atomic E-state index is 0.0222. The molecule has 0 radical (unpaired) electrons. The van der Waals surface area contributed by atoms with Crippen LogP contribution in [0.4, 0.5) is 11.4 Å². The molecule has 1 aliphatic heterocycles. The maximum Gasteiger partial charge on any atom is 0.296 e. The Balaban J connectivity index is 1.88. The quantitative estimate of drug-likeness (QED) is 0.357. The van der Waals surface area contributed by atoms with E-state index in [4.69, 9.17) is 14.2 Å². The molecule has 10 nitrogen and oxygen atoms in total. The Bertz CT molecular complexity index is 1230. The molecular weight excluding hydrogens is 498 g/mol. The van der Waals surface area contributed by atoms with Crippen molar-refractivity contribution in [1.29, 1.82) is 0 Å². The van der Waals surface area contributed by atoms with E-state index >= 15 is 0 Å². The fraction of sp³-hybridized carbons (Fsp3) is 0.538. The number of nitrogens with zero attached hydrogens (tertiary/aromatic N) is 2. The second kappa shape index (κ2) is 11.8. The van der Waals surface area contributed by atoms with Crippen LogP contribution in [-0.4, -0.2) is 58.0 Å². The maximum absolute atomic E-state index is 13.3. The second-order valence-corrected chi connectivity index (χ2v) is 11.8. The highest BCUT2D eigenvalue weighted by Crippen LogP contribution is 2.36. The van der Waals surface area contributed by atoms with E-state index in [1.807, 2.05) is 57.7 Å². The minimum atomic E-state index is -4.06. The molecule has 0 bridgehead atoms. The monoisotopic (exact) mass is 535 g/mol. The van der Waals surface area contributed by atoms with Crippen LogP contribution in [0.3, 0.4) is 0 Å². The number of nitro groups is 1. The molecule has 1 saturated heterocycles. The van der Waals surface area contributed by atoms with Gasteiger partial charge in [-0.25, -0.2) is 13.1 Å². The lowest BCUT2D eigenvalue weighted by atomic mass is 10.1. The molecule has 2 aromatic rings. The Morgan fingerprint density at radius 2 is 1.95 bits per heavy atom. The van der Waals surface area contributed by atoms with Crippen LogP contribution < -0.4 is 14.4 Å². The van der Waals surface area contributed by atoms with E-state index in [-0.39, 0.29) is 28.8 Å². The van der Waals surface area contributed by atoms with Gasteiger partial charge in [-0.05, 0) is 65.3 Å². The Hall–Kier alpha value is -2.73. The third-order valence-electron chi connectivity index (χ3n) is 5.91. The maximum atomic E-state index is 13.3. The van der Waals surface area contributed by atoms with E-state index < -0.39 is 20.5 Å². The summed E-state index contributed by atoms with van der Waals surface area (Å²) in [6, 6.07) is 8.48. The van der Waals surface area contributed by atoms with Crippen LogP contribution >= 0.6 is 0 Å². The number of nitrogens with one attached hydrogen (secondary N) is 1. The van der Waals surface area contributed by atoms with Crippen LogP contribution in [0.5, 0.6) is 5.75 Å². The molecule has 37 heavy (non-hydrogen) atoms. The van der Waals surface area contributed by atoms with Gasteiger partial charge in [0.25, 0.3) is 5.69 Å². The molecule has 1 heterocycles. The zero-order chi connectivity index (χ0) is 27.4. The number of morpholine rings is 1. The normalized spacial score (nSPS) is 16.6. The van der Waals surface area contributed by atoms with E-state index in [0.29, 0.717) is 49.9 Å². The lowest BCUT2D eigenvalue weighted by molar-refractivity contribution is -0.384. The van der Waals surface area contributed by atoms with Gasteiger partial charge in [0.15, 0.2) is 0 Å². The average molecular weight is 536 g/mol. The number of rotatable bonds is 10. The van der Waals surface area contributed by atoms with Gasteiger partial charge in [0.1, 0.15) is 17.0 Å². The molecule has 204 valence electrons. The van der Waals surface area contributed by atoms with Crippen LogP contribution in [0.15, 0.2) is 35.2 Å². The van der Waals surface area contributed by atoms with Crippen LogP contribution in [0.25, 0.3) is 0 Å². The molecule has 1 N–H and O–H groups in total. The zero-order valence-electron chi connectivity index (χ0n) is 22.4. The van der Waals surface area contributed by atoms with Crippen molar-refractivity contribution < 1.29 is 27.6 Å². The lowest BCUT2D eigenvalue weighted by Crippen LogP contribution is -2.44. The minimum Gasteiger partial charge on any atom is -0.488 e. The first-order valence-corrected chi connectivity index (χ1v) is 13.8. The van der Waals surface area contributed by atoms with E-state index in [1.165, 1.54) is 19.1 Å². The molecule has 1 atom stereocenters. The summed E-state index contributed by atoms with van der Waals surface area (Å²) in [5.74, 6) is 0.585. The highest BCUT2D eigenvalue weighted by atomic mass is 32.2. The molecular formula is C26H37N3O7S. The fourth-order valence-corrected chi connectivity index (χ4v) is 5.46. The summed E-state index contributed by atoms with van der Waals surface area (Å²) in [6.45, 7) is 13.2. The number of hydrogen-bond acceptors (Lipinski definition) is 8. The molecule has 1 fully saturated rings. The summed E-state index contributed by atoms with van der Waals surface area (Å²) in [5, 5.41) is 12.1. The topological polar surface area (TPSA) is 120 Å². The fourth-order valence-electron chi connectivity index (χ4n) is 4.22. The first kappa shape index (κ1) is 28.8. The Morgan fingerprint density at radius 3 is 2.59 bits per heavy atom. The average Bonchev–Trinajstić information content (AvgIpc) is 2.80. The highest BCUT2D eigenvalue weighted by molar-refractivity contribution is 7.89. The first-order chi connectivity index (χ1) is 17.3. The largest absolute Gasteiger partial charge is 0.488 e.